The van der Waals surface area contributed by atoms with E-state index < -0.39 is 0 Å². The molecule has 0 amide bonds. The van der Waals surface area contributed by atoms with Crippen LogP contribution in [-0.4, -0.2) is 57.2 Å². The van der Waals surface area contributed by atoms with Gasteiger partial charge in [0.2, 0.25) is 0 Å². The molecule has 2 N–H and O–H groups in total. The van der Waals surface area contributed by atoms with Crippen LogP contribution in [0.3, 0.4) is 0 Å². The molecule has 7 heteroatoms. The minimum absolute atomic E-state index is 0.778. The Morgan fingerprint density at radius 3 is 1.50 bits per heavy atom. The quantitative estimate of drug-likeness (QED) is 0.218. The highest BCUT2D eigenvalue weighted by molar-refractivity contribution is 7.81. The Labute approximate surface area is 245 Å². The number of aromatic nitrogens is 2. The summed E-state index contributed by atoms with van der Waals surface area (Å²) in [7, 11) is 6.31. The predicted molar refractivity (Wildman–Crippen MR) is 178 cm³/mol. The van der Waals surface area contributed by atoms with E-state index in [-0.39, 0.29) is 0 Å². The highest BCUT2D eigenvalue weighted by atomic mass is 32.1. The van der Waals surface area contributed by atoms with E-state index in [0.717, 1.165) is 47.3 Å². The van der Waals surface area contributed by atoms with Gasteiger partial charge in [0, 0.05) is 85.3 Å². The molecule has 0 aliphatic heterocycles. The van der Waals surface area contributed by atoms with Crippen molar-refractivity contribution >= 4 is 77.8 Å². The van der Waals surface area contributed by atoms with Gasteiger partial charge in [-0.3, -0.25) is 0 Å². The third kappa shape index (κ3) is 4.85. The van der Waals surface area contributed by atoms with Gasteiger partial charge in [0.1, 0.15) is 9.98 Å². The number of hydrogen-bond donors (Lipinski definition) is 2. The van der Waals surface area contributed by atoms with Crippen molar-refractivity contribution in [2.75, 3.05) is 33.2 Å². The summed E-state index contributed by atoms with van der Waals surface area (Å²) in [4.78, 5) is 3.87. The molecular weight excluding hydrogens is 531 g/mol. The Morgan fingerprint density at radius 1 is 0.625 bits per heavy atom. The molecule has 0 fully saturated rings. The maximum Gasteiger partial charge on any atom is 0.108 e. The highest BCUT2D eigenvalue weighted by Crippen LogP contribution is 2.30. The lowest BCUT2D eigenvalue weighted by molar-refractivity contribution is 0.344. The first kappa shape index (κ1) is 26.4. The number of nitrogens with one attached hydrogen (secondary N) is 2. The average Bonchev–Trinajstić information content (AvgIpc) is 3.50. The van der Waals surface area contributed by atoms with Crippen molar-refractivity contribution in [1.29, 1.82) is 0 Å². The number of benzene rings is 4. The molecule has 6 rings (SSSR count). The van der Waals surface area contributed by atoms with E-state index in [9.17, 15) is 0 Å². The van der Waals surface area contributed by atoms with Gasteiger partial charge in [-0.15, -0.1) is 0 Å². The van der Waals surface area contributed by atoms with E-state index >= 15 is 0 Å². The average molecular weight is 564 g/mol. The lowest BCUT2D eigenvalue weighted by atomic mass is 10.1. The number of nitrogens with zero attached hydrogens (tertiary/aromatic N) is 3. The number of rotatable bonds is 8. The van der Waals surface area contributed by atoms with Crippen molar-refractivity contribution in [3.05, 3.63) is 96.3 Å². The van der Waals surface area contributed by atoms with E-state index in [1.807, 2.05) is 0 Å². The molecule has 0 unspecified atom stereocenters. The number of aryl methyl sites for hydroxylation is 2. The molecule has 0 saturated heterocycles. The Kier molecular flexibility index (Phi) is 7.27. The zero-order valence-electron chi connectivity index (χ0n) is 23.1. The number of thiocarbonyl (C=S) groups is 2. The van der Waals surface area contributed by atoms with Gasteiger partial charge in [-0.25, -0.2) is 0 Å². The van der Waals surface area contributed by atoms with Gasteiger partial charge in [-0.2, -0.15) is 0 Å². The van der Waals surface area contributed by atoms with E-state index in [0.29, 0.717) is 0 Å². The molecule has 6 aromatic rings. The maximum absolute atomic E-state index is 5.81. The molecule has 0 aliphatic carbocycles. The van der Waals surface area contributed by atoms with Crippen LogP contribution in [0.25, 0.3) is 43.4 Å². The fourth-order valence-electron chi connectivity index (χ4n) is 5.75. The first-order chi connectivity index (χ1) is 19.4. The zero-order chi connectivity index (χ0) is 27.8. The maximum atomic E-state index is 5.81. The molecular formula is C33H33N5S2. The molecule has 4 aromatic carbocycles. The van der Waals surface area contributed by atoms with Gasteiger partial charge < -0.3 is 24.7 Å². The molecule has 2 heterocycles. The van der Waals surface area contributed by atoms with Crippen molar-refractivity contribution in [3.63, 3.8) is 0 Å². The fourth-order valence-corrected chi connectivity index (χ4v) is 6.27. The van der Waals surface area contributed by atoms with Crippen LogP contribution < -0.4 is 10.6 Å². The van der Waals surface area contributed by atoms with Crippen molar-refractivity contribution in [2.24, 2.45) is 14.1 Å². The summed E-state index contributed by atoms with van der Waals surface area (Å²) >= 11 is 11.6. The van der Waals surface area contributed by atoms with Crippen LogP contribution in [0.1, 0.15) is 11.1 Å². The first-order valence-electron chi connectivity index (χ1n) is 13.6. The van der Waals surface area contributed by atoms with Gasteiger partial charge in [0.15, 0.2) is 0 Å². The van der Waals surface area contributed by atoms with Crippen LogP contribution in [0.15, 0.2) is 85.2 Å². The molecule has 0 saturated carbocycles. The van der Waals surface area contributed by atoms with Crippen LogP contribution >= 0.6 is 24.4 Å². The second kappa shape index (κ2) is 11.0. The monoisotopic (exact) mass is 563 g/mol. The van der Waals surface area contributed by atoms with Gasteiger partial charge in [0.05, 0.1) is 11.0 Å². The van der Waals surface area contributed by atoms with Crippen LogP contribution in [-0.2, 0) is 14.1 Å². The molecule has 0 aliphatic rings. The van der Waals surface area contributed by atoms with Crippen molar-refractivity contribution in [2.45, 2.75) is 0 Å². The number of hydrogen-bond acceptors (Lipinski definition) is 3. The van der Waals surface area contributed by atoms with Gasteiger partial charge in [-0.1, -0.05) is 97.2 Å². The highest BCUT2D eigenvalue weighted by Gasteiger charge is 2.15. The molecule has 0 atom stereocenters. The minimum atomic E-state index is 0.778. The first-order valence-corrected chi connectivity index (χ1v) is 14.4. The van der Waals surface area contributed by atoms with Crippen LogP contribution in [0, 0.1) is 0 Å². The van der Waals surface area contributed by atoms with Crippen LogP contribution in [0.5, 0.6) is 0 Å². The minimum Gasteiger partial charge on any atom is -0.374 e. The molecule has 0 bridgehead atoms. The standard InChI is InChI=1S/C33H33N5S2/c1-36(18-16-34-32(39)28-20-37(2)30-24-10-6-4-8-22(24)12-14-26(28)30)19-17-35-33(40)29-21-38(3)31-25-11-7-5-9-23(25)13-15-27(29)31/h4-15,20-21H,16-19H2,1-3H3,(H,34,39)(H,35,40). The zero-order valence-corrected chi connectivity index (χ0v) is 24.7. The third-order valence-electron chi connectivity index (χ3n) is 7.78. The summed E-state index contributed by atoms with van der Waals surface area (Å²) in [6.07, 6.45) is 4.27. The summed E-state index contributed by atoms with van der Waals surface area (Å²) in [6.45, 7) is 3.31. The van der Waals surface area contributed by atoms with Crippen LogP contribution in [0.4, 0.5) is 0 Å². The Bertz CT molecular complexity index is 1760. The lowest BCUT2D eigenvalue weighted by Crippen LogP contribution is -2.37. The molecule has 40 heavy (non-hydrogen) atoms. The van der Waals surface area contributed by atoms with Crippen molar-refractivity contribution in [3.8, 4) is 0 Å². The second-order valence-electron chi connectivity index (χ2n) is 10.5. The Hall–Kier alpha value is -3.78. The molecule has 5 nitrogen and oxygen atoms in total. The van der Waals surface area contributed by atoms with Crippen molar-refractivity contribution < 1.29 is 0 Å². The SMILES string of the molecule is CN(CCNC(=S)c1cn(C)c2c1ccc1ccccc12)CCNC(=S)c1cn(C)c2c1ccc1ccccc12. The summed E-state index contributed by atoms with van der Waals surface area (Å²) in [5.41, 5.74) is 4.60. The fraction of sp³-hybridized carbons (Fsp3) is 0.212. The normalized spacial score (nSPS) is 11.7. The van der Waals surface area contributed by atoms with E-state index in [2.05, 4.69) is 131 Å². The molecule has 0 radical (unpaired) electrons. The third-order valence-corrected chi connectivity index (χ3v) is 8.51. The van der Waals surface area contributed by atoms with E-state index in [1.54, 1.807) is 0 Å². The van der Waals surface area contributed by atoms with Gasteiger partial charge in [0.25, 0.3) is 0 Å². The van der Waals surface area contributed by atoms with E-state index in [4.69, 9.17) is 24.4 Å². The smallest absolute Gasteiger partial charge is 0.108 e. The summed E-state index contributed by atoms with van der Waals surface area (Å²) in [5.74, 6) is 0. The Morgan fingerprint density at radius 2 is 1.05 bits per heavy atom. The predicted octanol–water partition coefficient (Wildman–Crippen LogP) is 6.14. The van der Waals surface area contributed by atoms with Gasteiger partial charge in [-0.05, 0) is 17.8 Å². The largest absolute Gasteiger partial charge is 0.374 e. The summed E-state index contributed by atoms with van der Waals surface area (Å²) < 4.78 is 4.36. The lowest BCUT2D eigenvalue weighted by Gasteiger charge is -2.18. The van der Waals surface area contributed by atoms with Crippen LogP contribution in [0.2, 0.25) is 0 Å². The summed E-state index contributed by atoms with van der Waals surface area (Å²) in [6, 6.07) is 25.7. The number of fused-ring (bicyclic) bond motifs is 6. The van der Waals surface area contributed by atoms with E-state index in [1.165, 1.54) is 43.4 Å². The Balaban J connectivity index is 1.03. The molecule has 0 spiro atoms. The topological polar surface area (TPSA) is 37.2 Å². The van der Waals surface area contributed by atoms with Crippen molar-refractivity contribution in [1.82, 2.24) is 24.7 Å². The van der Waals surface area contributed by atoms with Gasteiger partial charge >= 0.3 is 0 Å². The number of likely N-dealkylation sites (N-methyl/N-ethyl adjacent to an activating group) is 1. The second-order valence-corrected chi connectivity index (χ2v) is 11.3. The summed E-state index contributed by atoms with van der Waals surface area (Å²) in [5, 5.41) is 14.3. The molecule has 2 aromatic heterocycles. The molecule has 202 valence electrons.